The zero-order valence-corrected chi connectivity index (χ0v) is 14.7. The second-order valence-corrected chi connectivity index (χ2v) is 5.99. The lowest BCUT2D eigenvalue weighted by molar-refractivity contribution is -0.149. The van der Waals surface area contributed by atoms with E-state index in [1.165, 1.54) is 11.1 Å². The predicted octanol–water partition coefficient (Wildman–Crippen LogP) is 3.39. The van der Waals surface area contributed by atoms with Gasteiger partial charge in [0.2, 0.25) is 0 Å². The molecule has 2 heterocycles. The van der Waals surface area contributed by atoms with E-state index < -0.39 is 11.9 Å². The van der Waals surface area contributed by atoms with Crippen LogP contribution < -0.4 is 0 Å². The first-order valence-corrected chi connectivity index (χ1v) is 8.38. The van der Waals surface area contributed by atoms with Gasteiger partial charge < -0.3 is 9.15 Å². The third kappa shape index (κ3) is 3.91. The van der Waals surface area contributed by atoms with Gasteiger partial charge in [-0.15, -0.1) is 0 Å². The monoisotopic (exact) mass is 352 g/mol. The van der Waals surface area contributed by atoms with Crippen molar-refractivity contribution in [1.29, 1.82) is 0 Å². The van der Waals surface area contributed by atoms with Crippen LogP contribution in [0.25, 0.3) is 0 Å². The lowest BCUT2D eigenvalue weighted by Crippen LogP contribution is -2.31. The van der Waals surface area contributed by atoms with E-state index in [1.807, 2.05) is 37.3 Å². The average molecular weight is 352 g/mol. The highest BCUT2D eigenvalue weighted by Gasteiger charge is 2.35. The molecule has 2 aromatic rings. The number of hydrogen-bond acceptors (Lipinski definition) is 5. The minimum absolute atomic E-state index is 0.353. The molecule has 1 aliphatic rings. The highest BCUT2D eigenvalue weighted by atomic mass is 16.5. The molecule has 0 N–H and O–H groups in total. The van der Waals surface area contributed by atoms with Crippen molar-refractivity contribution in [2.75, 3.05) is 6.61 Å². The van der Waals surface area contributed by atoms with Crippen molar-refractivity contribution in [3.63, 3.8) is 0 Å². The highest BCUT2D eigenvalue weighted by Crippen LogP contribution is 2.33. The Kier molecular flexibility index (Phi) is 5.31. The quantitative estimate of drug-likeness (QED) is 0.611. The molecule has 0 saturated heterocycles. The molecule has 0 aliphatic carbocycles. The number of carbonyl (C=O) groups excluding carboxylic acids is 2. The molecule has 0 fully saturated rings. The summed E-state index contributed by atoms with van der Waals surface area (Å²) in [5, 5.41) is 5.82. The SMILES string of the molecule is C/C=C/C(=O)OCC(=O)N1N=C(c2ccc(C)cc2)C[C@H]1c1ccco1. The normalized spacial score (nSPS) is 16.8. The molecule has 0 radical (unpaired) electrons. The van der Waals surface area contributed by atoms with Gasteiger partial charge in [-0.3, -0.25) is 4.79 Å². The maximum absolute atomic E-state index is 12.6. The van der Waals surface area contributed by atoms with Crippen molar-refractivity contribution >= 4 is 17.6 Å². The molecule has 6 heteroatoms. The lowest BCUT2D eigenvalue weighted by atomic mass is 10.0. The summed E-state index contributed by atoms with van der Waals surface area (Å²) in [7, 11) is 0. The smallest absolute Gasteiger partial charge is 0.330 e. The van der Waals surface area contributed by atoms with Crippen LogP contribution in [0.2, 0.25) is 0 Å². The summed E-state index contributed by atoms with van der Waals surface area (Å²) >= 11 is 0. The van der Waals surface area contributed by atoms with Gasteiger partial charge >= 0.3 is 5.97 Å². The maximum Gasteiger partial charge on any atom is 0.330 e. The van der Waals surface area contributed by atoms with Crippen molar-refractivity contribution in [2.45, 2.75) is 26.3 Å². The second-order valence-electron chi connectivity index (χ2n) is 5.99. The summed E-state index contributed by atoms with van der Waals surface area (Å²) < 4.78 is 10.4. The first kappa shape index (κ1) is 17.7. The molecule has 1 aromatic carbocycles. The minimum Gasteiger partial charge on any atom is -0.467 e. The Hall–Kier alpha value is -3.15. The van der Waals surface area contributed by atoms with E-state index in [2.05, 4.69) is 5.10 Å². The van der Waals surface area contributed by atoms with Crippen LogP contribution in [0.3, 0.4) is 0 Å². The molecule has 0 saturated carbocycles. The van der Waals surface area contributed by atoms with Gasteiger partial charge in [0, 0.05) is 12.5 Å². The number of allylic oxidation sites excluding steroid dienone is 1. The van der Waals surface area contributed by atoms with Crippen LogP contribution >= 0.6 is 0 Å². The summed E-state index contributed by atoms with van der Waals surface area (Å²) in [5.74, 6) is -0.312. The van der Waals surface area contributed by atoms with Crippen LogP contribution in [0.4, 0.5) is 0 Å². The van der Waals surface area contributed by atoms with Gasteiger partial charge in [-0.1, -0.05) is 35.9 Å². The summed E-state index contributed by atoms with van der Waals surface area (Å²) in [4.78, 5) is 24.0. The Bertz CT molecular complexity index is 835. The molecular formula is C20H20N2O4. The Morgan fingerprint density at radius 1 is 1.31 bits per heavy atom. The molecule has 0 bridgehead atoms. The predicted molar refractivity (Wildman–Crippen MR) is 96.4 cm³/mol. The zero-order chi connectivity index (χ0) is 18.5. The van der Waals surface area contributed by atoms with Crippen LogP contribution in [-0.2, 0) is 14.3 Å². The van der Waals surface area contributed by atoms with Crippen LogP contribution in [-0.4, -0.2) is 29.2 Å². The Morgan fingerprint density at radius 2 is 2.08 bits per heavy atom. The largest absolute Gasteiger partial charge is 0.467 e. The standard InChI is InChI=1S/C20H20N2O4/c1-3-5-20(24)26-13-19(23)22-17(18-6-4-11-25-18)12-16(21-22)15-9-7-14(2)8-10-15/h3-11,17H,12-13H2,1-2H3/b5-3+/t17-/m0/s1. The fraction of sp³-hybridized carbons (Fsp3) is 0.250. The van der Waals surface area contributed by atoms with E-state index in [1.54, 1.807) is 25.3 Å². The van der Waals surface area contributed by atoms with Gasteiger partial charge in [-0.2, -0.15) is 5.10 Å². The summed E-state index contributed by atoms with van der Waals surface area (Å²) in [6, 6.07) is 11.2. The fourth-order valence-corrected chi connectivity index (χ4v) is 2.75. The van der Waals surface area contributed by atoms with Crippen molar-refractivity contribution in [1.82, 2.24) is 5.01 Å². The molecule has 0 unspecified atom stereocenters. The molecule has 1 aliphatic heterocycles. The number of carbonyl (C=O) groups is 2. The number of rotatable bonds is 5. The van der Waals surface area contributed by atoms with Crippen molar-refractivity contribution in [3.8, 4) is 0 Å². The van der Waals surface area contributed by atoms with E-state index in [0.29, 0.717) is 12.2 Å². The van der Waals surface area contributed by atoms with E-state index in [0.717, 1.165) is 16.8 Å². The van der Waals surface area contributed by atoms with Crippen LogP contribution in [0, 0.1) is 6.92 Å². The van der Waals surface area contributed by atoms with E-state index in [9.17, 15) is 9.59 Å². The van der Waals surface area contributed by atoms with Crippen molar-refractivity contribution in [3.05, 3.63) is 71.7 Å². The molecule has 0 spiro atoms. The maximum atomic E-state index is 12.6. The Labute approximate surface area is 151 Å². The van der Waals surface area contributed by atoms with Gasteiger partial charge in [0.25, 0.3) is 5.91 Å². The van der Waals surface area contributed by atoms with Crippen LogP contribution in [0.5, 0.6) is 0 Å². The third-order valence-electron chi connectivity index (χ3n) is 4.06. The number of amides is 1. The van der Waals surface area contributed by atoms with Gasteiger partial charge in [-0.25, -0.2) is 9.80 Å². The average Bonchev–Trinajstić information content (AvgIpc) is 3.30. The number of aryl methyl sites for hydroxylation is 1. The molecule has 1 amide bonds. The number of ether oxygens (including phenoxy) is 1. The van der Waals surface area contributed by atoms with Gasteiger partial charge in [-0.05, 0) is 31.5 Å². The number of nitrogens with zero attached hydrogens (tertiary/aromatic N) is 2. The molecule has 134 valence electrons. The van der Waals surface area contributed by atoms with Crippen LogP contribution in [0.15, 0.2) is 64.3 Å². The highest BCUT2D eigenvalue weighted by molar-refractivity contribution is 6.03. The summed E-state index contributed by atoms with van der Waals surface area (Å²) in [6.07, 6.45) is 4.92. The van der Waals surface area contributed by atoms with E-state index >= 15 is 0 Å². The van der Waals surface area contributed by atoms with E-state index in [-0.39, 0.29) is 12.6 Å². The van der Waals surface area contributed by atoms with Crippen LogP contribution in [0.1, 0.15) is 36.3 Å². The first-order valence-electron chi connectivity index (χ1n) is 8.38. The topological polar surface area (TPSA) is 72.1 Å². The van der Waals surface area contributed by atoms with Gasteiger partial charge in [0.05, 0.1) is 12.0 Å². The van der Waals surface area contributed by atoms with E-state index in [4.69, 9.17) is 9.15 Å². The molecule has 26 heavy (non-hydrogen) atoms. The third-order valence-corrected chi connectivity index (χ3v) is 4.06. The first-order chi connectivity index (χ1) is 12.6. The molecule has 1 atom stereocenters. The second kappa shape index (κ2) is 7.82. The minimum atomic E-state index is -0.558. The Morgan fingerprint density at radius 3 is 2.73 bits per heavy atom. The summed E-state index contributed by atoms with van der Waals surface area (Å²) in [6.45, 7) is 3.35. The zero-order valence-electron chi connectivity index (χ0n) is 14.7. The lowest BCUT2D eigenvalue weighted by Gasteiger charge is -2.19. The molecular weight excluding hydrogens is 332 g/mol. The number of hydrazone groups is 1. The molecule has 3 rings (SSSR count). The number of benzene rings is 1. The Balaban J connectivity index is 1.81. The number of furan rings is 1. The van der Waals surface area contributed by atoms with Crippen molar-refractivity contribution in [2.24, 2.45) is 5.10 Å². The summed E-state index contributed by atoms with van der Waals surface area (Å²) in [5.41, 5.74) is 2.90. The number of hydrogen-bond donors (Lipinski definition) is 0. The molecule has 6 nitrogen and oxygen atoms in total. The van der Waals surface area contributed by atoms with Crippen molar-refractivity contribution < 1.29 is 18.7 Å². The van der Waals surface area contributed by atoms with Gasteiger partial charge in [0.15, 0.2) is 6.61 Å². The van der Waals surface area contributed by atoms with Gasteiger partial charge in [0.1, 0.15) is 11.8 Å². The molecule has 1 aromatic heterocycles. The fourth-order valence-electron chi connectivity index (χ4n) is 2.75. The number of esters is 1.